The summed E-state index contributed by atoms with van der Waals surface area (Å²) in [4.78, 5) is 0. The zero-order valence-electron chi connectivity index (χ0n) is 10.6. The van der Waals surface area contributed by atoms with E-state index in [1.807, 2.05) is 37.3 Å². The Kier molecular flexibility index (Phi) is 3.42. The van der Waals surface area contributed by atoms with E-state index in [1.54, 1.807) is 0 Å². The van der Waals surface area contributed by atoms with Gasteiger partial charge < -0.3 is 4.74 Å². The average Bonchev–Trinajstić information content (AvgIpc) is 2.88. The summed E-state index contributed by atoms with van der Waals surface area (Å²) < 4.78 is 5.52. The summed E-state index contributed by atoms with van der Waals surface area (Å²) in [5, 5.41) is 0.581. The van der Waals surface area contributed by atoms with Crippen LogP contribution in [-0.4, -0.2) is 6.61 Å². The fraction of sp³-hybridized carbons (Fsp3) is 0.250. The van der Waals surface area contributed by atoms with Crippen LogP contribution in [0.2, 0.25) is 5.02 Å². The lowest BCUT2D eigenvalue weighted by molar-refractivity contribution is 0.357. The van der Waals surface area contributed by atoms with Crippen molar-refractivity contribution in [3.8, 4) is 5.75 Å². The van der Waals surface area contributed by atoms with Crippen LogP contribution in [0.3, 0.4) is 0 Å². The maximum absolute atomic E-state index is 6.61. The summed E-state index contributed by atoms with van der Waals surface area (Å²) in [5.74, 6) is 0.982. The minimum atomic E-state index is -0.176. The predicted molar refractivity (Wildman–Crippen MR) is 79.5 cm³/mol. The molecule has 1 unspecified atom stereocenters. The van der Waals surface area contributed by atoms with E-state index in [2.05, 4.69) is 6.07 Å². The Morgan fingerprint density at radius 3 is 2.89 bits per heavy atom. The van der Waals surface area contributed by atoms with Crippen LogP contribution < -0.4 is 4.74 Å². The van der Waals surface area contributed by atoms with Gasteiger partial charge in [-0.25, -0.2) is 0 Å². The van der Waals surface area contributed by atoms with Gasteiger partial charge in [0.05, 0.1) is 12.0 Å². The number of benzene rings is 2. The molecule has 0 amide bonds. The number of ether oxygens (including phenoxy) is 1. The van der Waals surface area contributed by atoms with Crippen molar-refractivity contribution < 1.29 is 4.74 Å². The third-order valence-corrected chi connectivity index (χ3v) is 4.49. The Hall–Kier alpha value is -1.18. The number of alkyl halides is 1. The minimum absolute atomic E-state index is 0.176. The van der Waals surface area contributed by atoms with Crippen LogP contribution in [-0.2, 0) is 6.42 Å². The molecule has 0 radical (unpaired) electrons. The molecule has 2 aromatic carbocycles. The monoisotopic (exact) mass is 292 g/mol. The highest BCUT2D eigenvalue weighted by Gasteiger charge is 2.18. The molecule has 1 nitrogen and oxygen atoms in total. The number of hydrogen-bond acceptors (Lipinski definition) is 1. The molecule has 3 heteroatoms. The number of halogens is 2. The third kappa shape index (κ3) is 2.33. The first-order valence-corrected chi connectivity index (χ1v) is 7.13. The maximum Gasteiger partial charge on any atom is 0.122 e. The molecule has 0 saturated carbocycles. The second-order valence-corrected chi connectivity index (χ2v) is 5.63. The molecule has 0 bridgehead atoms. The molecule has 1 heterocycles. The van der Waals surface area contributed by atoms with Crippen LogP contribution in [0.5, 0.6) is 5.75 Å². The van der Waals surface area contributed by atoms with Crippen LogP contribution in [0.1, 0.15) is 27.6 Å². The first-order chi connectivity index (χ1) is 9.16. The van der Waals surface area contributed by atoms with E-state index in [4.69, 9.17) is 27.9 Å². The van der Waals surface area contributed by atoms with Crippen LogP contribution in [0.25, 0.3) is 0 Å². The van der Waals surface area contributed by atoms with Crippen molar-refractivity contribution in [2.24, 2.45) is 0 Å². The lowest BCUT2D eigenvalue weighted by Gasteiger charge is -2.15. The number of fused-ring (bicyclic) bond motifs is 1. The Bertz CT molecular complexity index is 622. The van der Waals surface area contributed by atoms with Crippen LogP contribution in [0.15, 0.2) is 36.4 Å². The standard InChI is InChI=1S/C16H14Cl2O/c1-10-13(3-2-4-14(10)17)16(18)12-5-6-15-11(9-12)7-8-19-15/h2-6,9,16H,7-8H2,1H3. The van der Waals surface area contributed by atoms with Gasteiger partial charge in [-0.05, 0) is 41.3 Å². The molecule has 2 aromatic rings. The molecule has 0 aliphatic carbocycles. The molecule has 1 aliphatic heterocycles. The van der Waals surface area contributed by atoms with Gasteiger partial charge in [0.25, 0.3) is 0 Å². The van der Waals surface area contributed by atoms with E-state index in [0.717, 1.165) is 40.5 Å². The molecule has 0 spiro atoms. The highest BCUT2D eigenvalue weighted by molar-refractivity contribution is 6.31. The van der Waals surface area contributed by atoms with Crippen molar-refractivity contribution in [2.75, 3.05) is 6.61 Å². The van der Waals surface area contributed by atoms with E-state index in [-0.39, 0.29) is 5.38 Å². The predicted octanol–water partition coefficient (Wildman–Crippen LogP) is 4.91. The van der Waals surface area contributed by atoms with Crippen LogP contribution in [0, 0.1) is 6.92 Å². The zero-order valence-corrected chi connectivity index (χ0v) is 12.1. The fourth-order valence-electron chi connectivity index (χ4n) is 2.44. The third-order valence-electron chi connectivity index (χ3n) is 3.59. The van der Waals surface area contributed by atoms with Gasteiger partial charge in [0.2, 0.25) is 0 Å². The average molecular weight is 293 g/mol. The van der Waals surface area contributed by atoms with Crippen molar-refractivity contribution in [2.45, 2.75) is 18.7 Å². The van der Waals surface area contributed by atoms with Gasteiger partial charge >= 0.3 is 0 Å². The minimum Gasteiger partial charge on any atom is -0.493 e. The van der Waals surface area contributed by atoms with E-state index in [1.165, 1.54) is 5.56 Å². The Balaban J connectivity index is 2.00. The maximum atomic E-state index is 6.61. The summed E-state index contributed by atoms with van der Waals surface area (Å²) in [7, 11) is 0. The fourth-order valence-corrected chi connectivity index (χ4v) is 3.00. The lowest BCUT2D eigenvalue weighted by atomic mass is 9.98. The smallest absolute Gasteiger partial charge is 0.122 e. The molecule has 19 heavy (non-hydrogen) atoms. The molecule has 3 rings (SSSR count). The summed E-state index contributed by atoms with van der Waals surface area (Å²) >= 11 is 12.8. The number of rotatable bonds is 2. The quantitative estimate of drug-likeness (QED) is 0.715. The van der Waals surface area contributed by atoms with Gasteiger partial charge in [-0.2, -0.15) is 0 Å². The van der Waals surface area contributed by atoms with Crippen LogP contribution >= 0.6 is 23.2 Å². The van der Waals surface area contributed by atoms with Crippen molar-refractivity contribution in [1.29, 1.82) is 0 Å². The molecule has 0 fully saturated rings. The van der Waals surface area contributed by atoms with Gasteiger partial charge in [-0.15, -0.1) is 11.6 Å². The molecular formula is C16H14Cl2O. The normalized spacial score (nSPS) is 14.9. The van der Waals surface area contributed by atoms with Crippen molar-refractivity contribution in [3.63, 3.8) is 0 Å². The molecular weight excluding hydrogens is 279 g/mol. The molecule has 0 aromatic heterocycles. The first-order valence-electron chi connectivity index (χ1n) is 6.31. The van der Waals surface area contributed by atoms with Crippen LogP contribution in [0.4, 0.5) is 0 Å². The lowest BCUT2D eigenvalue weighted by Crippen LogP contribution is -1.97. The molecule has 1 atom stereocenters. The Morgan fingerprint density at radius 2 is 2.05 bits per heavy atom. The van der Waals surface area contributed by atoms with Gasteiger partial charge in [0.1, 0.15) is 5.75 Å². The Morgan fingerprint density at radius 1 is 1.21 bits per heavy atom. The van der Waals surface area contributed by atoms with Gasteiger partial charge in [-0.1, -0.05) is 35.9 Å². The largest absolute Gasteiger partial charge is 0.493 e. The summed E-state index contributed by atoms with van der Waals surface area (Å²) in [6, 6.07) is 12.0. The highest BCUT2D eigenvalue weighted by Crippen LogP contribution is 2.36. The van der Waals surface area contributed by atoms with Gasteiger partial charge in [0.15, 0.2) is 0 Å². The summed E-state index contributed by atoms with van der Waals surface area (Å²) in [5.41, 5.74) is 4.44. The molecule has 1 aliphatic rings. The zero-order chi connectivity index (χ0) is 13.4. The van der Waals surface area contributed by atoms with E-state index < -0.39 is 0 Å². The molecule has 98 valence electrons. The topological polar surface area (TPSA) is 9.23 Å². The SMILES string of the molecule is Cc1c(Cl)cccc1C(Cl)c1ccc2c(c1)CCO2. The second-order valence-electron chi connectivity index (χ2n) is 4.78. The molecule has 0 saturated heterocycles. The second kappa shape index (κ2) is 5.07. The summed E-state index contributed by atoms with van der Waals surface area (Å²) in [6.07, 6.45) is 0.960. The van der Waals surface area contributed by atoms with Crippen molar-refractivity contribution in [1.82, 2.24) is 0 Å². The van der Waals surface area contributed by atoms with Crippen molar-refractivity contribution >= 4 is 23.2 Å². The summed E-state index contributed by atoms with van der Waals surface area (Å²) in [6.45, 7) is 2.77. The molecule has 0 N–H and O–H groups in total. The van der Waals surface area contributed by atoms with Gasteiger partial charge in [0, 0.05) is 11.4 Å². The van der Waals surface area contributed by atoms with Crippen molar-refractivity contribution in [3.05, 3.63) is 63.7 Å². The van der Waals surface area contributed by atoms with E-state index >= 15 is 0 Å². The van der Waals surface area contributed by atoms with E-state index in [9.17, 15) is 0 Å². The van der Waals surface area contributed by atoms with E-state index in [0.29, 0.717) is 0 Å². The number of hydrogen-bond donors (Lipinski definition) is 0. The first kappa shape index (κ1) is 12.8. The van der Waals surface area contributed by atoms with Gasteiger partial charge in [-0.3, -0.25) is 0 Å². The Labute approximate surface area is 123 Å². The highest BCUT2D eigenvalue weighted by atomic mass is 35.5.